The molecule has 0 unspecified atom stereocenters. The van der Waals surface area contributed by atoms with E-state index in [1.807, 2.05) is 0 Å². The molecule has 20 heavy (non-hydrogen) atoms. The van der Waals surface area contributed by atoms with Gasteiger partial charge in [0.05, 0.1) is 12.7 Å². The van der Waals surface area contributed by atoms with Crippen LogP contribution in [-0.4, -0.2) is 20.1 Å². The number of rotatable bonds is 3. The number of methoxy groups -OCH3 is 1. The van der Waals surface area contributed by atoms with Gasteiger partial charge in [-0.25, -0.2) is 4.79 Å². The van der Waals surface area contributed by atoms with E-state index in [0.717, 1.165) is 7.11 Å². The maximum atomic E-state index is 13.2. The highest BCUT2D eigenvalue weighted by Gasteiger charge is 2.33. The van der Waals surface area contributed by atoms with E-state index in [4.69, 9.17) is 5.53 Å². The summed E-state index contributed by atoms with van der Waals surface area (Å²) in [6, 6.07) is 0. The Hall–Kier alpha value is -2.15. The topological polar surface area (TPSA) is 75.1 Å². The average Bonchev–Trinajstić information content (AvgIpc) is 2.32. The van der Waals surface area contributed by atoms with Gasteiger partial charge in [0.15, 0.2) is 0 Å². The van der Waals surface area contributed by atoms with Gasteiger partial charge in [-0.15, -0.1) is 5.46 Å². The van der Waals surface area contributed by atoms with E-state index >= 15 is 0 Å². The summed E-state index contributed by atoms with van der Waals surface area (Å²) < 4.78 is 44.1. The minimum atomic E-state index is -5.35. The lowest BCUT2D eigenvalue weighted by molar-refractivity contribution is 0.0599. The van der Waals surface area contributed by atoms with Crippen molar-refractivity contribution < 1.29 is 22.5 Å². The molecule has 9 heteroatoms. The molecule has 0 fully saturated rings. The highest BCUT2D eigenvalue weighted by molar-refractivity contribution is 6.74. The Labute approximate surface area is 113 Å². The number of benzene rings is 1. The normalized spacial score (nSPS) is 10.9. The quantitative estimate of drug-likeness (QED) is 0.281. The van der Waals surface area contributed by atoms with Crippen LogP contribution in [-0.2, 0) is 4.74 Å². The largest absolute Gasteiger partial charge is 0.510 e. The molecule has 108 valence electrons. The van der Waals surface area contributed by atoms with E-state index in [-0.39, 0.29) is 27.9 Å². The lowest BCUT2D eigenvalue weighted by Gasteiger charge is -2.25. The minimum Gasteiger partial charge on any atom is -0.465 e. The first-order chi connectivity index (χ1) is 9.16. The summed E-state index contributed by atoms with van der Waals surface area (Å²) in [5.74, 6) is -0.893. The van der Waals surface area contributed by atoms with Crippen molar-refractivity contribution in [3.05, 3.63) is 32.7 Å². The van der Waals surface area contributed by atoms with Gasteiger partial charge < -0.3 is 17.7 Å². The first kappa shape index (κ1) is 15.9. The molecule has 0 aliphatic heterocycles. The number of carbonyl (C=O) groups is 1. The van der Waals surface area contributed by atoms with Crippen LogP contribution in [0.3, 0.4) is 0 Å². The third-order valence-electron chi connectivity index (χ3n) is 3.13. The van der Waals surface area contributed by atoms with Crippen molar-refractivity contribution in [2.24, 2.45) is 5.11 Å². The van der Waals surface area contributed by atoms with Crippen LogP contribution in [0.2, 0.25) is 0 Å². The number of nitrogens with zero attached hydrogens (tertiary/aromatic N) is 3. The number of hydrogen-bond donors (Lipinski definition) is 0. The number of ether oxygens (including phenoxy) is 1. The van der Waals surface area contributed by atoms with E-state index in [2.05, 4.69) is 14.8 Å². The summed E-state index contributed by atoms with van der Waals surface area (Å²) in [6.07, 6.45) is 0. The SMILES string of the molecule is COC(=O)c1c(C)c(N=[N+]=[N-])c(C)c([B-](F)(F)F)c1C. The fraction of sp³-hybridized carbons (Fsp3) is 0.364. The van der Waals surface area contributed by atoms with E-state index < -0.39 is 18.4 Å². The molecule has 0 radical (unpaired) electrons. The lowest BCUT2D eigenvalue weighted by atomic mass is 9.71. The summed E-state index contributed by atoms with van der Waals surface area (Å²) in [5, 5.41) is 3.28. The molecule has 0 saturated heterocycles. The average molecular weight is 286 g/mol. The molecule has 0 spiro atoms. The molecule has 0 aliphatic rings. The fourth-order valence-corrected chi connectivity index (χ4v) is 2.32. The summed E-state index contributed by atoms with van der Waals surface area (Å²) in [7, 11) is 1.08. The van der Waals surface area contributed by atoms with Gasteiger partial charge in [0.2, 0.25) is 0 Å². The first-order valence-electron chi connectivity index (χ1n) is 5.63. The second kappa shape index (κ2) is 5.46. The minimum absolute atomic E-state index is 0.174. The lowest BCUT2D eigenvalue weighted by Crippen LogP contribution is -2.39. The zero-order valence-electron chi connectivity index (χ0n) is 11.4. The van der Waals surface area contributed by atoms with Crippen LogP contribution in [0.15, 0.2) is 5.11 Å². The van der Waals surface area contributed by atoms with Gasteiger partial charge in [-0.3, -0.25) is 0 Å². The molecule has 0 aliphatic carbocycles. The molecule has 1 rings (SSSR count). The predicted molar refractivity (Wildman–Crippen MR) is 69.5 cm³/mol. The third-order valence-corrected chi connectivity index (χ3v) is 3.13. The number of halogens is 3. The molecule has 0 saturated carbocycles. The van der Waals surface area contributed by atoms with Gasteiger partial charge >= 0.3 is 12.9 Å². The molecule has 0 heterocycles. The van der Waals surface area contributed by atoms with Crippen LogP contribution >= 0.6 is 0 Å². The Morgan fingerprint density at radius 2 is 1.75 bits per heavy atom. The highest BCUT2D eigenvalue weighted by Crippen LogP contribution is 2.31. The van der Waals surface area contributed by atoms with Gasteiger partial charge in [0.25, 0.3) is 0 Å². The Morgan fingerprint density at radius 3 is 2.15 bits per heavy atom. The van der Waals surface area contributed by atoms with Crippen LogP contribution < -0.4 is 5.46 Å². The molecular formula is C11H12BF3N3O2-. The summed E-state index contributed by atoms with van der Waals surface area (Å²) in [5.41, 5.74) is 6.95. The Kier molecular flexibility index (Phi) is 4.34. The van der Waals surface area contributed by atoms with Gasteiger partial charge in [-0.05, 0) is 31.9 Å². The van der Waals surface area contributed by atoms with Gasteiger partial charge in [-0.1, -0.05) is 16.2 Å². The molecule has 0 bridgehead atoms. The molecular weight excluding hydrogens is 274 g/mol. The van der Waals surface area contributed by atoms with E-state index in [1.165, 1.54) is 20.8 Å². The van der Waals surface area contributed by atoms with Crippen molar-refractivity contribution in [2.75, 3.05) is 7.11 Å². The summed E-state index contributed by atoms with van der Waals surface area (Å²) in [6.45, 7) is -1.51. The molecule has 1 aromatic rings. The van der Waals surface area contributed by atoms with Crippen molar-refractivity contribution in [2.45, 2.75) is 20.8 Å². The molecule has 0 amide bonds. The number of hydrogen-bond acceptors (Lipinski definition) is 3. The van der Waals surface area contributed by atoms with Crippen LogP contribution in [0.4, 0.5) is 18.6 Å². The predicted octanol–water partition coefficient (Wildman–Crippen LogP) is 3.39. The van der Waals surface area contributed by atoms with Crippen molar-refractivity contribution in [3.8, 4) is 0 Å². The van der Waals surface area contributed by atoms with Crippen molar-refractivity contribution in [1.29, 1.82) is 0 Å². The summed E-state index contributed by atoms with van der Waals surface area (Å²) >= 11 is 0. The summed E-state index contributed by atoms with van der Waals surface area (Å²) in [4.78, 5) is 14.2. The standard InChI is InChI=1S/C11H12BF3N3O2/c1-5-8(11(19)20-4)6(2)10(17-18-16)7(3)9(5)12(13,14)15/h1-4H3/q-1. The first-order valence-corrected chi connectivity index (χ1v) is 5.63. The monoisotopic (exact) mass is 286 g/mol. The smallest absolute Gasteiger partial charge is 0.465 e. The third kappa shape index (κ3) is 2.58. The molecule has 0 aromatic heterocycles. The van der Waals surface area contributed by atoms with Gasteiger partial charge in [-0.2, -0.15) is 0 Å². The van der Waals surface area contributed by atoms with Crippen LogP contribution in [0.1, 0.15) is 27.0 Å². The maximum absolute atomic E-state index is 13.2. The Balaban J connectivity index is 3.93. The molecule has 0 atom stereocenters. The van der Waals surface area contributed by atoms with Crippen molar-refractivity contribution in [3.63, 3.8) is 0 Å². The van der Waals surface area contributed by atoms with Crippen LogP contribution in [0.25, 0.3) is 10.4 Å². The van der Waals surface area contributed by atoms with Gasteiger partial charge in [0.1, 0.15) is 0 Å². The second-order valence-electron chi connectivity index (χ2n) is 4.27. The highest BCUT2D eigenvalue weighted by atomic mass is 19.4. The molecule has 0 N–H and O–H groups in total. The number of carbonyl (C=O) groups excluding carboxylic acids is 1. The number of esters is 1. The van der Waals surface area contributed by atoms with Crippen LogP contribution in [0.5, 0.6) is 0 Å². The van der Waals surface area contributed by atoms with E-state index in [0.29, 0.717) is 0 Å². The fourth-order valence-electron chi connectivity index (χ4n) is 2.32. The Morgan fingerprint density at radius 1 is 1.20 bits per heavy atom. The van der Waals surface area contributed by atoms with Crippen molar-refractivity contribution in [1.82, 2.24) is 0 Å². The molecule has 5 nitrogen and oxygen atoms in total. The van der Waals surface area contributed by atoms with E-state index in [9.17, 15) is 17.7 Å². The van der Waals surface area contributed by atoms with E-state index in [1.54, 1.807) is 0 Å². The number of azide groups is 1. The second-order valence-corrected chi connectivity index (χ2v) is 4.27. The Bertz CT molecular complexity index is 623. The van der Waals surface area contributed by atoms with Crippen LogP contribution in [0, 0.1) is 20.8 Å². The van der Waals surface area contributed by atoms with Gasteiger partial charge in [0, 0.05) is 10.6 Å². The zero-order chi connectivity index (χ0) is 15.7. The molecule has 1 aromatic carbocycles. The zero-order valence-corrected chi connectivity index (χ0v) is 11.4. The maximum Gasteiger partial charge on any atom is 0.510 e. The van der Waals surface area contributed by atoms with Crippen molar-refractivity contribution >= 4 is 24.1 Å².